The molecule has 0 aliphatic carbocycles. The molecule has 0 aliphatic heterocycles. The number of nitro groups is 1. The lowest BCUT2D eigenvalue weighted by atomic mass is 10.2. The minimum atomic E-state index is -0.551. The Morgan fingerprint density at radius 2 is 2.25 bits per heavy atom. The highest BCUT2D eigenvalue weighted by Crippen LogP contribution is 2.34. The third-order valence-electron chi connectivity index (χ3n) is 2.56. The molecular formula is C13H10BrNO5. The van der Waals surface area contributed by atoms with E-state index in [0.717, 1.165) is 0 Å². The van der Waals surface area contributed by atoms with E-state index >= 15 is 0 Å². The molecule has 1 aromatic heterocycles. The topological polar surface area (TPSA) is 82.6 Å². The van der Waals surface area contributed by atoms with E-state index in [1.807, 2.05) is 0 Å². The number of hydrogen-bond donors (Lipinski definition) is 0. The van der Waals surface area contributed by atoms with Crippen molar-refractivity contribution in [3.63, 3.8) is 0 Å². The van der Waals surface area contributed by atoms with Crippen LogP contribution in [0.3, 0.4) is 0 Å². The van der Waals surface area contributed by atoms with Gasteiger partial charge >= 0.3 is 5.69 Å². The lowest BCUT2D eigenvalue weighted by Crippen LogP contribution is -2.12. The van der Waals surface area contributed by atoms with Gasteiger partial charge < -0.3 is 9.15 Å². The molecule has 0 fully saturated rings. The molecule has 1 aromatic carbocycles. The maximum atomic E-state index is 11.7. The molecule has 2 rings (SSSR count). The zero-order valence-corrected chi connectivity index (χ0v) is 12.0. The first-order chi connectivity index (χ1) is 9.49. The van der Waals surface area contributed by atoms with Crippen molar-refractivity contribution in [1.82, 2.24) is 0 Å². The number of halogens is 1. The summed E-state index contributed by atoms with van der Waals surface area (Å²) in [5, 5.41) is 11.0. The highest BCUT2D eigenvalue weighted by molar-refractivity contribution is 9.10. The summed E-state index contributed by atoms with van der Waals surface area (Å²) in [7, 11) is 0. The molecule has 0 amide bonds. The minimum absolute atomic E-state index is 0.0816. The molecular weight excluding hydrogens is 330 g/mol. The van der Waals surface area contributed by atoms with Crippen LogP contribution < -0.4 is 4.74 Å². The average molecular weight is 340 g/mol. The molecule has 20 heavy (non-hydrogen) atoms. The summed E-state index contributed by atoms with van der Waals surface area (Å²) >= 11 is 3.19. The number of rotatable bonds is 5. The number of aryl methyl sites for hydroxylation is 1. The number of nitro benzene ring substituents is 1. The van der Waals surface area contributed by atoms with E-state index in [9.17, 15) is 14.9 Å². The van der Waals surface area contributed by atoms with E-state index in [1.165, 1.54) is 18.4 Å². The van der Waals surface area contributed by atoms with E-state index in [0.29, 0.717) is 10.0 Å². The SMILES string of the molecule is Cc1cc(Br)cc([N+](=O)[O-])c1OCC(=O)c1ccco1. The fourth-order valence-corrected chi connectivity index (χ4v) is 2.24. The third-order valence-corrected chi connectivity index (χ3v) is 3.02. The predicted octanol–water partition coefficient (Wildman–Crippen LogP) is 3.52. The van der Waals surface area contributed by atoms with Gasteiger partial charge in [-0.15, -0.1) is 0 Å². The van der Waals surface area contributed by atoms with E-state index in [2.05, 4.69) is 15.9 Å². The van der Waals surface area contributed by atoms with Crippen LogP contribution in [0.2, 0.25) is 0 Å². The molecule has 0 atom stereocenters. The van der Waals surface area contributed by atoms with Crippen molar-refractivity contribution in [2.75, 3.05) is 6.61 Å². The molecule has 104 valence electrons. The Hall–Kier alpha value is -2.15. The highest BCUT2D eigenvalue weighted by Gasteiger charge is 2.20. The van der Waals surface area contributed by atoms with Gasteiger partial charge in [0.05, 0.1) is 11.2 Å². The van der Waals surface area contributed by atoms with Crippen molar-refractivity contribution in [3.05, 3.63) is 56.4 Å². The van der Waals surface area contributed by atoms with Gasteiger partial charge in [0.25, 0.3) is 0 Å². The molecule has 0 spiro atoms. The van der Waals surface area contributed by atoms with Gasteiger partial charge in [0.1, 0.15) is 0 Å². The third kappa shape index (κ3) is 3.05. The second-order valence-corrected chi connectivity index (χ2v) is 4.93. The van der Waals surface area contributed by atoms with Crippen LogP contribution >= 0.6 is 15.9 Å². The fraction of sp³-hybridized carbons (Fsp3) is 0.154. The van der Waals surface area contributed by atoms with E-state index in [4.69, 9.17) is 9.15 Å². The summed E-state index contributed by atoms with van der Waals surface area (Å²) in [6, 6.07) is 6.11. The molecule has 0 aliphatic rings. The largest absolute Gasteiger partial charge is 0.478 e. The number of nitrogens with zero attached hydrogens (tertiary/aromatic N) is 1. The molecule has 2 aromatic rings. The van der Waals surface area contributed by atoms with Gasteiger partial charge in [-0.3, -0.25) is 14.9 Å². The maximum absolute atomic E-state index is 11.7. The van der Waals surface area contributed by atoms with Gasteiger partial charge in [-0.1, -0.05) is 15.9 Å². The number of benzene rings is 1. The molecule has 0 saturated carbocycles. The summed E-state index contributed by atoms with van der Waals surface area (Å²) in [4.78, 5) is 22.2. The Bertz CT molecular complexity index is 651. The zero-order valence-electron chi connectivity index (χ0n) is 10.5. The van der Waals surface area contributed by atoms with Gasteiger partial charge in [0.2, 0.25) is 11.5 Å². The number of Topliss-reactive ketones (excluding diaryl/α,β-unsaturated/α-hetero) is 1. The van der Waals surface area contributed by atoms with Gasteiger partial charge in [-0.05, 0) is 30.7 Å². The number of ether oxygens (including phenoxy) is 1. The number of furan rings is 1. The van der Waals surface area contributed by atoms with Crippen molar-refractivity contribution in [2.45, 2.75) is 6.92 Å². The molecule has 6 nitrogen and oxygen atoms in total. The van der Waals surface area contributed by atoms with Crippen molar-refractivity contribution in [1.29, 1.82) is 0 Å². The number of hydrogen-bond acceptors (Lipinski definition) is 5. The summed E-state index contributed by atoms with van der Waals surface area (Å²) < 4.78 is 10.8. The van der Waals surface area contributed by atoms with Crippen LogP contribution in [0.15, 0.2) is 39.4 Å². The molecule has 0 radical (unpaired) electrons. The first kappa shape index (κ1) is 14.3. The number of carbonyl (C=O) groups excluding carboxylic acids is 1. The molecule has 0 unspecified atom stereocenters. The molecule has 7 heteroatoms. The summed E-state index contributed by atoms with van der Waals surface area (Å²) in [6.45, 7) is 1.35. The summed E-state index contributed by atoms with van der Waals surface area (Å²) in [5.41, 5.74) is 0.377. The van der Waals surface area contributed by atoms with Gasteiger partial charge in [-0.25, -0.2) is 0 Å². The zero-order chi connectivity index (χ0) is 14.7. The smallest absolute Gasteiger partial charge is 0.312 e. The second kappa shape index (κ2) is 5.87. The lowest BCUT2D eigenvalue weighted by molar-refractivity contribution is -0.385. The van der Waals surface area contributed by atoms with Gasteiger partial charge in [-0.2, -0.15) is 0 Å². The minimum Gasteiger partial charge on any atom is -0.478 e. The Labute approximate surface area is 122 Å². The van der Waals surface area contributed by atoms with Crippen molar-refractivity contribution in [3.8, 4) is 5.75 Å². The normalized spacial score (nSPS) is 10.3. The van der Waals surface area contributed by atoms with Crippen molar-refractivity contribution in [2.24, 2.45) is 0 Å². The van der Waals surface area contributed by atoms with Gasteiger partial charge in [0.15, 0.2) is 12.4 Å². The Morgan fingerprint density at radius 3 is 2.85 bits per heavy atom. The monoisotopic (exact) mass is 339 g/mol. The number of carbonyl (C=O) groups is 1. The van der Waals surface area contributed by atoms with E-state index in [-0.39, 0.29) is 29.6 Å². The van der Waals surface area contributed by atoms with Crippen LogP contribution in [0.25, 0.3) is 0 Å². The number of ketones is 1. The van der Waals surface area contributed by atoms with Crippen LogP contribution in [0.4, 0.5) is 5.69 Å². The van der Waals surface area contributed by atoms with Crippen molar-refractivity contribution >= 4 is 27.4 Å². The molecule has 1 heterocycles. The quantitative estimate of drug-likeness (QED) is 0.472. The van der Waals surface area contributed by atoms with Gasteiger partial charge in [0, 0.05) is 10.5 Å². The van der Waals surface area contributed by atoms with E-state index in [1.54, 1.807) is 19.1 Å². The van der Waals surface area contributed by atoms with Crippen molar-refractivity contribution < 1.29 is 18.9 Å². The second-order valence-electron chi connectivity index (χ2n) is 4.02. The standard InChI is InChI=1S/C13H10BrNO5/c1-8-5-9(14)6-10(15(17)18)13(8)20-7-11(16)12-3-2-4-19-12/h2-6H,7H2,1H3. The fourth-order valence-electron chi connectivity index (χ4n) is 1.68. The molecule has 0 bridgehead atoms. The van der Waals surface area contributed by atoms with Crippen LogP contribution in [-0.2, 0) is 0 Å². The van der Waals surface area contributed by atoms with Crippen LogP contribution in [0, 0.1) is 17.0 Å². The first-order valence-corrected chi connectivity index (χ1v) is 6.42. The first-order valence-electron chi connectivity index (χ1n) is 5.63. The van der Waals surface area contributed by atoms with Crippen LogP contribution in [0.5, 0.6) is 5.75 Å². The molecule has 0 N–H and O–H groups in total. The Kier molecular flexibility index (Phi) is 4.19. The predicted molar refractivity (Wildman–Crippen MR) is 74.1 cm³/mol. The summed E-state index contributed by atoms with van der Waals surface area (Å²) in [6.07, 6.45) is 1.38. The van der Waals surface area contributed by atoms with E-state index < -0.39 is 4.92 Å². The van der Waals surface area contributed by atoms with Crippen LogP contribution in [-0.4, -0.2) is 17.3 Å². The Balaban J connectivity index is 2.21. The lowest BCUT2D eigenvalue weighted by Gasteiger charge is -2.08. The Morgan fingerprint density at radius 1 is 1.50 bits per heavy atom. The maximum Gasteiger partial charge on any atom is 0.312 e. The highest BCUT2D eigenvalue weighted by atomic mass is 79.9. The summed E-state index contributed by atoms with van der Waals surface area (Å²) in [5.74, 6) is -0.146. The molecule has 0 saturated heterocycles. The average Bonchev–Trinajstić information content (AvgIpc) is 2.90. The van der Waals surface area contributed by atoms with Crippen LogP contribution in [0.1, 0.15) is 16.1 Å².